The van der Waals surface area contributed by atoms with E-state index < -0.39 is 0 Å². The Kier molecular flexibility index (Phi) is 4.67. The molecule has 116 valence electrons. The minimum absolute atomic E-state index is 0.129. The summed E-state index contributed by atoms with van der Waals surface area (Å²) in [6.45, 7) is 3.85. The molecule has 4 heteroatoms. The molecular weight excluding hydrogens is 333 g/mol. The average molecular weight is 356 g/mol. The number of hydrogen-bond acceptors (Lipinski definition) is 2. The second-order valence-corrected chi connectivity index (χ2v) is 7.20. The summed E-state index contributed by atoms with van der Waals surface area (Å²) in [6, 6.07) is 5.73. The van der Waals surface area contributed by atoms with Crippen LogP contribution in [0.4, 0.5) is 4.39 Å². The monoisotopic (exact) mass is 355 g/mol. The topological polar surface area (TPSA) is 21.3 Å². The Morgan fingerprint density at radius 3 is 2.90 bits per heavy atom. The zero-order valence-electron chi connectivity index (χ0n) is 12.5. The van der Waals surface area contributed by atoms with E-state index in [1.54, 1.807) is 6.07 Å². The number of nitrogens with one attached hydrogen (secondary N) is 1. The van der Waals surface area contributed by atoms with Gasteiger partial charge in [-0.3, -0.25) is 0 Å². The third-order valence-corrected chi connectivity index (χ3v) is 5.64. The molecule has 2 aliphatic rings. The van der Waals surface area contributed by atoms with E-state index in [4.69, 9.17) is 4.74 Å². The van der Waals surface area contributed by atoms with Crippen molar-refractivity contribution in [1.82, 2.24) is 5.32 Å². The van der Waals surface area contributed by atoms with Gasteiger partial charge in [-0.2, -0.15) is 0 Å². The molecule has 0 bridgehead atoms. The summed E-state index contributed by atoms with van der Waals surface area (Å²) in [6.07, 6.45) is 5.82. The Labute approximate surface area is 134 Å². The lowest BCUT2D eigenvalue weighted by Crippen LogP contribution is -2.48. The molecular formula is C17H23BrFNO. The van der Waals surface area contributed by atoms with Crippen LogP contribution in [0.25, 0.3) is 0 Å². The van der Waals surface area contributed by atoms with Crippen LogP contribution in [0, 0.1) is 11.7 Å². The molecule has 1 N–H and O–H groups in total. The maximum Gasteiger partial charge on any atom is 0.137 e. The van der Waals surface area contributed by atoms with Crippen molar-refractivity contribution in [1.29, 1.82) is 0 Å². The maximum absolute atomic E-state index is 13.9. The van der Waals surface area contributed by atoms with Gasteiger partial charge in [0.2, 0.25) is 0 Å². The van der Waals surface area contributed by atoms with Gasteiger partial charge in [-0.15, -0.1) is 0 Å². The lowest BCUT2D eigenvalue weighted by Gasteiger charge is -2.49. The number of ether oxygens (including phenoxy) is 1. The molecule has 0 aromatic heterocycles. The number of halogens is 2. The third kappa shape index (κ3) is 3.17. The predicted molar refractivity (Wildman–Crippen MR) is 85.8 cm³/mol. The van der Waals surface area contributed by atoms with Crippen LogP contribution in [0.1, 0.15) is 50.6 Å². The minimum atomic E-state index is -0.180. The quantitative estimate of drug-likeness (QED) is 0.852. The Morgan fingerprint density at radius 2 is 2.29 bits per heavy atom. The summed E-state index contributed by atoms with van der Waals surface area (Å²) in [5.74, 6) is 0.348. The first kappa shape index (κ1) is 15.4. The van der Waals surface area contributed by atoms with Crippen molar-refractivity contribution in [2.24, 2.45) is 5.92 Å². The average Bonchev–Trinajstić information content (AvgIpc) is 2.46. The van der Waals surface area contributed by atoms with Gasteiger partial charge in [0.1, 0.15) is 5.82 Å². The second-order valence-electron chi connectivity index (χ2n) is 6.35. The lowest BCUT2D eigenvalue weighted by atomic mass is 9.69. The highest BCUT2D eigenvalue weighted by Gasteiger charge is 2.44. The van der Waals surface area contributed by atoms with Crippen molar-refractivity contribution in [3.8, 4) is 0 Å². The van der Waals surface area contributed by atoms with Crippen molar-refractivity contribution in [2.75, 3.05) is 13.2 Å². The first-order valence-corrected chi connectivity index (χ1v) is 8.75. The van der Waals surface area contributed by atoms with Gasteiger partial charge >= 0.3 is 0 Å². The molecule has 2 unspecified atom stereocenters. The van der Waals surface area contributed by atoms with Gasteiger partial charge in [0, 0.05) is 12.6 Å². The van der Waals surface area contributed by atoms with E-state index in [0.29, 0.717) is 10.4 Å². The fraction of sp³-hybridized carbons (Fsp3) is 0.647. The van der Waals surface area contributed by atoms with Gasteiger partial charge in [-0.1, -0.05) is 13.0 Å². The van der Waals surface area contributed by atoms with Gasteiger partial charge in [-0.25, -0.2) is 4.39 Å². The van der Waals surface area contributed by atoms with E-state index >= 15 is 0 Å². The number of hydrogen-bond donors (Lipinski definition) is 1. The van der Waals surface area contributed by atoms with Crippen molar-refractivity contribution in [3.05, 3.63) is 34.1 Å². The Bertz CT molecular complexity index is 504. The highest BCUT2D eigenvalue weighted by atomic mass is 79.9. The summed E-state index contributed by atoms with van der Waals surface area (Å²) >= 11 is 3.24. The molecule has 1 aliphatic carbocycles. The van der Waals surface area contributed by atoms with Crippen molar-refractivity contribution >= 4 is 15.9 Å². The van der Waals surface area contributed by atoms with Crippen LogP contribution in [-0.4, -0.2) is 18.8 Å². The summed E-state index contributed by atoms with van der Waals surface area (Å²) in [5.41, 5.74) is 1.18. The molecule has 1 saturated heterocycles. The minimum Gasteiger partial charge on any atom is -0.375 e. The van der Waals surface area contributed by atoms with Crippen LogP contribution in [0.2, 0.25) is 0 Å². The third-order valence-electron chi connectivity index (χ3n) is 4.99. The molecule has 1 aromatic carbocycles. The smallest absolute Gasteiger partial charge is 0.137 e. The number of benzene rings is 1. The molecule has 21 heavy (non-hydrogen) atoms. The molecule has 1 aliphatic heterocycles. The summed E-state index contributed by atoms with van der Waals surface area (Å²) in [5, 5.41) is 3.56. The van der Waals surface area contributed by atoms with Crippen molar-refractivity contribution in [3.63, 3.8) is 0 Å². The van der Waals surface area contributed by atoms with Crippen LogP contribution in [0.5, 0.6) is 0 Å². The van der Waals surface area contributed by atoms with Gasteiger partial charge in [0.05, 0.1) is 10.1 Å². The first-order valence-electron chi connectivity index (χ1n) is 7.96. The maximum atomic E-state index is 13.9. The largest absolute Gasteiger partial charge is 0.375 e. The molecule has 1 aromatic rings. The van der Waals surface area contributed by atoms with Gasteiger partial charge in [-0.05, 0) is 78.2 Å². The molecule has 1 spiro atoms. The van der Waals surface area contributed by atoms with Gasteiger partial charge in [0.25, 0.3) is 0 Å². The molecule has 2 nitrogen and oxygen atoms in total. The Morgan fingerprint density at radius 1 is 1.48 bits per heavy atom. The normalized spacial score (nSPS) is 25.6. The molecule has 2 atom stereocenters. The van der Waals surface area contributed by atoms with E-state index in [1.165, 1.54) is 19.3 Å². The highest BCUT2D eigenvalue weighted by Crippen LogP contribution is 2.47. The molecule has 0 radical (unpaired) electrons. The SMILES string of the molecule is CCNC(c1ccc(Br)c(F)c1)C1CCOC2(CCC2)C1. The number of rotatable bonds is 4. The van der Waals surface area contributed by atoms with Crippen LogP contribution in [0.3, 0.4) is 0 Å². The van der Waals surface area contributed by atoms with Crippen LogP contribution < -0.4 is 5.32 Å². The molecule has 3 rings (SSSR count). The van der Waals surface area contributed by atoms with E-state index in [9.17, 15) is 4.39 Å². The standard InChI is InChI=1S/C17H23BrFNO/c1-2-20-16(12-4-5-14(18)15(19)10-12)13-6-9-21-17(11-13)7-3-8-17/h4-5,10,13,16,20H,2-3,6-9,11H2,1H3. The fourth-order valence-electron chi connectivity index (χ4n) is 3.75. The van der Waals surface area contributed by atoms with E-state index in [-0.39, 0.29) is 17.5 Å². The van der Waals surface area contributed by atoms with Crippen LogP contribution >= 0.6 is 15.9 Å². The molecule has 1 saturated carbocycles. The van der Waals surface area contributed by atoms with E-state index in [1.807, 2.05) is 12.1 Å². The molecule has 0 amide bonds. The van der Waals surface area contributed by atoms with E-state index in [2.05, 4.69) is 28.2 Å². The zero-order valence-corrected chi connectivity index (χ0v) is 14.1. The molecule has 1 heterocycles. The zero-order chi connectivity index (χ0) is 14.9. The Hall–Kier alpha value is -0.450. The lowest BCUT2D eigenvalue weighted by molar-refractivity contribution is -0.147. The summed E-state index contributed by atoms with van der Waals surface area (Å²) in [4.78, 5) is 0. The van der Waals surface area contributed by atoms with Crippen LogP contribution in [-0.2, 0) is 4.74 Å². The second kappa shape index (κ2) is 6.35. The Balaban J connectivity index is 1.81. The van der Waals surface area contributed by atoms with Crippen molar-refractivity contribution < 1.29 is 9.13 Å². The predicted octanol–water partition coefficient (Wildman–Crippen LogP) is 4.59. The van der Waals surface area contributed by atoms with Crippen LogP contribution in [0.15, 0.2) is 22.7 Å². The molecule has 2 fully saturated rings. The fourth-order valence-corrected chi connectivity index (χ4v) is 4.00. The first-order chi connectivity index (χ1) is 10.1. The van der Waals surface area contributed by atoms with E-state index in [0.717, 1.165) is 31.6 Å². The highest BCUT2D eigenvalue weighted by molar-refractivity contribution is 9.10. The van der Waals surface area contributed by atoms with Gasteiger partial charge in [0.15, 0.2) is 0 Å². The summed E-state index contributed by atoms with van der Waals surface area (Å²) in [7, 11) is 0. The van der Waals surface area contributed by atoms with Gasteiger partial charge < -0.3 is 10.1 Å². The van der Waals surface area contributed by atoms with Crippen molar-refractivity contribution in [2.45, 2.75) is 50.7 Å². The summed E-state index contributed by atoms with van der Waals surface area (Å²) < 4.78 is 20.4.